The molecule has 0 heterocycles. The second kappa shape index (κ2) is 13.7. The number of rotatable bonds is 15. The fourth-order valence-corrected chi connectivity index (χ4v) is 6.04. The molecule has 0 N–H and O–H groups in total. The zero-order chi connectivity index (χ0) is 20.0. The van der Waals surface area contributed by atoms with E-state index in [2.05, 4.69) is 44.7 Å². The quantitative estimate of drug-likeness (QED) is 0.175. The van der Waals surface area contributed by atoms with Crippen molar-refractivity contribution in [2.75, 3.05) is 19.8 Å². The van der Waals surface area contributed by atoms with Crippen molar-refractivity contribution in [1.82, 2.24) is 0 Å². The molecule has 27 heavy (non-hydrogen) atoms. The molecule has 0 aliphatic heterocycles. The molecule has 1 aromatic rings. The summed E-state index contributed by atoms with van der Waals surface area (Å²) >= 11 is 0. The molecule has 4 nitrogen and oxygen atoms in total. The van der Waals surface area contributed by atoms with Crippen molar-refractivity contribution in [3.05, 3.63) is 48.0 Å². The number of carbonyl (C=O) groups is 1. The normalized spacial score (nSPS) is 11.4. The number of unbranched alkanes of at least 4 members (excludes halogenated alkanes) is 2. The van der Waals surface area contributed by atoms with Gasteiger partial charge in [-0.3, -0.25) is 0 Å². The highest BCUT2D eigenvalue weighted by Crippen LogP contribution is 2.23. The molecule has 5 heteroatoms. The van der Waals surface area contributed by atoms with Gasteiger partial charge < -0.3 is 13.6 Å². The monoisotopic (exact) mass is 392 g/mol. The van der Waals surface area contributed by atoms with Gasteiger partial charge in [0.2, 0.25) is 0 Å². The van der Waals surface area contributed by atoms with Crippen molar-refractivity contribution in [2.45, 2.75) is 65.0 Å². The van der Waals surface area contributed by atoms with Gasteiger partial charge in [-0.15, -0.1) is 0 Å². The third-order valence-corrected chi connectivity index (χ3v) is 7.85. The molecule has 0 amide bonds. The van der Waals surface area contributed by atoms with Gasteiger partial charge in [-0.25, -0.2) is 4.79 Å². The van der Waals surface area contributed by atoms with Gasteiger partial charge in [-0.05, 0) is 37.8 Å². The maximum Gasteiger partial charge on any atom is 0.342 e. The van der Waals surface area contributed by atoms with Crippen molar-refractivity contribution < 1.29 is 18.4 Å². The summed E-state index contributed by atoms with van der Waals surface area (Å²) < 4.78 is 18.1. The van der Waals surface area contributed by atoms with E-state index in [1.165, 1.54) is 5.56 Å². The Bertz CT molecular complexity index is 535. The smallest absolute Gasteiger partial charge is 0.342 e. The van der Waals surface area contributed by atoms with Gasteiger partial charge in [-0.2, -0.15) is 0 Å². The van der Waals surface area contributed by atoms with Gasteiger partial charge in [0.25, 0.3) is 0 Å². The molecular weight excluding hydrogens is 356 g/mol. The lowest BCUT2D eigenvalue weighted by Crippen LogP contribution is -2.46. The second-order valence-electron chi connectivity index (χ2n) is 7.00. The predicted molar refractivity (Wildman–Crippen MR) is 113 cm³/mol. The van der Waals surface area contributed by atoms with Crippen LogP contribution in [0.3, 0.4) is 0 Å². The average Bonchev–Trinajstić information content (AvgIpc) is 2.66. The lowest BCUT2D eigenvalue weighted by molar-refractivity contribution is -0.138. The number of benzene rings is 1. The zero-order valence-electron chi connectivity index (χ0n) is 17.3. The van der Waals surface area contributed by atoms with Gasteiger partial charge >= 0.3 is 14.5 Å². The third-order valence-electron chi connectivity index (χ3n) is 4.33. The van der Waals surface area contributed by atoms with Crippen LogP contribution in [0.4, 0.5) is 0 Å². The summed E-state index contributed by atoms with van der Waals surface area (Å²) in [6.07, 6.45) is 5.01. The van der Waals surface area contributed by atoms with Gasteiger partial charge in [-0.1, -0.05) is 63.6 Å². The van der Waals surface area contributed by atoms with Gasteiger partial charge in [0.1, 0.15) is 0 Å². The van der Waals surface area contributed by atoms with E-state index in [4.69, 9.17) is 13.6 Å². The van der Waals surface area contributed by atoms with Crippen molar-refractivity contribution in [3.8, 4) is 0 Å². The molecule has 0 saturated carbocycles. The Kier molecular flexibility index (Phi) is 12.0. The first-order valence-electron chi connectivity index (χ1n) is 10.2. The van der Waals surface area contributed by atoms with E-state index in [0.29, 0.717) is 12.2 Å². The van der Waals surface area contributed by atoms with Crippen molar-refractivity contribution in [2.24, 2.45) is 0 Å². The first-order valence-corrected chi connectivity index (χ1v) is 12.4. The highest BCUT2D eigenvalue weighted by molar-refractivity contribution is 6.66. The summed E-state index contributed by atoms with van der Waals surface area (Å²) in [5.41, 5.74) is 1.68. The average molecular weight is 393 g/mol. The number of hydrogen-bond donors (Lipinski definition) is 0. The largest absolute Gasteiger partial charge is 0.462 e. The van der Waals surface area contributed by atoms with Crippen molar-refractivity contribution in [3.63, 3.8) is 0 Å². The Morgan fingerprint density at radius 3 is 2.07 bits per heavy atom. The van der Waals surface area contributed by atoms with Crippen LogP contribution in [0.25, 0.3) is 0 Å². The van der Waals surface area contributed by atoms with Crippen LogP contribution in [-0.4, -0.2) is 34.4 Å². The lowest BCUT2D eigenvalue weighted by atomic mass is 10.2. The molecular formula is C22H36O4Si. The van der Waals surface area contributed by atoms with Crippen molar-refractivity contribution >= 4 is 14.5 Å². The topological polar surface area (TPSA) is 44.8 Å². The van der Waals surface area contributed by atoms with Gasteiger partial charge in [0.15, 0.2) is 0 Å². The molecule has 1 aromatic carbocycles. The maximum atomic E-state index is 11.6. The highest BCUT2D eigenvalue weighted by Gasteiger charge is 2.37. The molecule has 0 atom stereocenters. The van der Waals surface area contributed by atoms with Crippen LogP contribution >= 0.6 is 0 Å². The molecule has 0 aliphatic rings. The lowest BCUT2D eigenvalue weighted by Gasteiger charge is -2.31. The second-order valence-corrected chi connectivity index (χ2v) is 10.2. The Balaban J connectivity index is 2.79. The molecule has 0 aromatic heterocycles. The summed E-state index contributed by atoms with van der Waals surface area (Å²) in [7, 11) is -2.42. The minimum Gasteiger partial charge on any atom is -0.462 e. The van der Waals surface area contributed by atoms with Crippen LogP contribution in [0, 0.1) is 0 Å². The summed E-state index contributed by atoms with van der Waals surface area (Å²) in [5.74, 6) is -0.330. The van der Waals surface area contributed by atoms with E-state index < -0.39 is 8.56 Å². The Morgan fingerprint density at radius 2 is 1.56 bits per heavy atom. The molecule has 0 aliphatic carbocycles. The first-order chi connectivity index (χ1) is 13.0. The van der Waals surface area contributed by atoms with Gasteiger partial charge in [0.05, 0.1) is 6.61 Å². The third kappa shape index (κ3) is 9.89. The van der Waals surface area contributed by atoms with Crippen LogP contribution in [0.1, 0.15) is 58.4 Å². The van der Waals surface area contributed by atoms with Crippen LogP contribution in [0.2, 0.25) is 6.04 Å². The molecule has 0 fully saturated rings. The van der Waals surface area contributed by atoms with E-state index in [-0.39, 0.29) is 5.97 Å². The maximum absolute atomic E-state index is 11.6. The minimum atomic E-state index is -2.42. The molecule has 1 rings (SSSR count). The summed E-state index contributed by atoms with van der Waals surface area (Å²) in [6, 6.07) is 12.1. The van der Waals surface area contributed by atoms with Crippen molar-refractivity contribution in [1.29, 1.82) is 0 Å². The van der Waals surface area contributed by atoms with E-state index >= 15 is 0 Å². The molecule has 0 unspecified atom stereocenters. The Morgan fingerprint density at radius 1 is 0.963 bits per heavy atom. The van der Waals surface area contributed by atoms with E-state index in [1.54, 1.807) is 6.92 Å². The number of hydrogen-bond acceptors (Lipinski definition) is 4. The van der Waals surface area contributed by atoms with Gasteiger partial charge in [0, 0.05) is 24.8 Å². The fraction of sp³-hybridized carbons (Fsp3) is 0.591. The number of esters is 1. The first kappa shape index (κ1) is 23.6. The highest BCUT2D eigenvalue weighted by atomic mass is 28.4. The number of carbonyl (C=O) groups excluding carboxylic acids is 1. The Labute approximate surface area is 166 Å². The van der Waals surface area contributed by atoms with E-state index in [9.17, 15) is 4.79 Å². The fourth-order valence-electron chi connectivity index (χ4n) is 2.72. The standard InChI is InChI=1S/C22H36O4Si/c1-5-7-16-25-27(26-17-8-6-2,19-21-13-10-9-11-14-21)18-12-15-24-22(23)20(3)4/h9-11,13-14H,3,5-8,12,15-19H2,1-2,4H3. The Hall–Kier alpha value is -1.43. The molecule has 0 saturated heterocycles. The van der Waals surface area contributed by atoms with Crippen LogP contribution in [-0.2, 0) is 24.4 Å². The summed E-state index contributed by atoms with van der Waals surface area (Å²) in [6.45, 7) is 11.5. The zero-order valence-corrected chi connectivity index (χ0v) is 18.3. The SMILES string of the molecule is C=C(C)C(=O)OCCC[Si](Cc1ccccc1)(OCCCC)OCCCC. The van der Waals surface area contributed by atoms with Crippen LogP contribution < -0.4 is 0 Å². The molecule has 0 spiro atoms. The van der Waals surface area contributed by atoms with E-state index in [0.717, 1.165) is 57.4 Å². The van der Waals surface area contributed by atoms with E-state index in [1.807, 2.05) is 6.07 Å². The molecule has 0 bridgehead atoms. The molecule has 0 radical (unpaired) electrons. The van der Waals surface area contributed by atoms with Crippen LogP contribution in [0.15, 0.2) is 42.5 Å². The molecule has 152 valence electrons. The predicted octanol–water partition coefficient (Wildman–Crippen LogP) is 5.35. The number of ether oxygens (including phenoxy) is 1. The summed E-state index contributed by atoms with van der Waals surface area (Å²) in [5, 5.41) is 0. The minimum absolute atomic E-state index is 0.330. The van der Waals surface area contributed by atoms with Crippen LogP contribution in [0.5, 0.6) is 0 Å². The summed E-state index contributed by atoms with van der Waals surface area (Å²) in [4.78, 5) is 11.6.